The molecule has 0 spiro atoms. The summed E-state index contributed by atoms with van der Waals surface area (Å²) in [7, 11) is 3.94. The van der Waals surface area contributed by atoms with E-state index in [4.69, 9.17) is 26.5 Å². The molecule has 2 atom stereocenters. The van der Waals surface area contributed by atoms with Gasteiger partial charge in [-0.2, -0.15) is 0 Å². The zero-order chi connectivity index (χ0) is 21.1. The van der Waals surface area contributed by atoms with Gasteiger partial charge in [0, 0.05) is 19.8 Å². The van der Waals surface area contributed by atoms with Crippen molar-refractivity contribution in [3.05, 3.63) is 66.2 Å². The molecule has 6 nitrogen and oxygen atoms in total. The number of nitrogens with one attached hydrogen (secondary N) is 3. The average molecular weight is 470 g/mol. The van der Waals surface area contributed by atoms with E-state index < -0.39 is 18.2 Å². The van der Waals surface area contributed by atoms with Gasteiger partial charge in [-0.3, -0.25) is 5.41 Å². The Balaban J connectivity index is 2.05. The van der Waals surface area contributed by atoms with Gasteiger partial charge in [-0.15, -0.1) is 0 Å². The molecule has 0 aliphatic rings. The maximum Gasteiger partial charge on any atom is 0.408 e. The summed E-state index contributed by atoms with van der Waals surface area (Å²) in [5, 5.41) is 11.1. The monoisotopic (exact) mass is 469 g/mol. The van der Waals surface area contributed by atoms with Crippen LogP contribution in [0.2, 0.25) is 0 Å². The Morgan fingerprint density at radius 3 is 2.38 bits per heavy atom. The highest BCUT2D eigenvalue weighted by atomic mass is 33.1. The second kappa shape index (κ2) is 12.2. The van der Waals surface area contributed by atoms with E-state index in [-0.39, 0.29) is 5.04 Å². The van der Waals surface area contributed by atoms with Crippen molar-refractivity contribution in [3.63, 3.8) is 0 Å². The van der Waals surface area contributed by atoms with Crippen molar-refractivity contribution < 1.29 is 14.1 Å². The van der Waals surface area contributed by atoms with Crippen molar-refractivity contribution in [2.45, 2.75) is 19.3 Å². The highest BCUT2D eigenvalue weighted by molar-refractivity contribution is 8.81. The van der Waals surface area contributed by atoms with Crippen molar-refractivity contribution in [2.24, 2.45) is 0 Å². The molecule has 1 amide bonds. The molecule has 0 heterocycles. The lowest BCUT2D eigenvalue weighted by Gasteiger charge is -2.30. The van der Waals surface area contributed by atoms with Crippen LogP contribution in [0.3, 0.4) is 0 Å². The fourth-order valence-corrected chi connectivity index (χ4v) is 7.06. The van der Waals surface area contributed by atoms with Crippen molar-refractivity contribution in [1.29, 1.82) is 5.41 Å². The summed E-state index contributed by atoms with van der Waals surface area (Å²) in [5.41, 5.74) is 1.14. The van der Waals surface area contributed by atoms with Crippen molar-refractivity contribution >= 4 is 51.0 Å². The first-order chi connectivity index (χ1) is 14.0. The number of carbonyl (C=O) groups is 1. The predicted molar refractivity (Wildman–Crippen MR) is 127 cm³/mol. The topological polar surface area (TPSA) is 83.4 Å². The summed E-state index contributed by atoms with van der Waals surface area (Å²) >= 11 is 5.80. The number of rotatable bonds is 10. The lowest BCUT2D eigenvalue weighted by atomic mass is 10.2. The number of benzene rings is 2. The van der Waals surface area contributed by atoms with Gasteiger partial charge in [-0.05, 0) is 51.3 Å². The molecule has 3 N–H and O–H groups in total. The Bertz CT molecular complexity index is 840. The Morgan fingerprint density at radius 1 is 1.17 bits per heavy atom. The molecule has 29 heavy (non-hydrogen) atoms. The SMILES string of the molecule is CCP(=S)(Oc1ccccc1)C(OC(=O)NC)C(=N)SSNCc1ccccc1. The van der Waals surface area contributed by atoms with Crippen LogP contribution in [-0.2, 0) is 23.1 Å². The molecular formula is C19H24N3O3PS3. The maximum atomic E-state index is 11.9. The Morgan fingerprint density at radius 2 is 1.79 bits per heavy atom. The van der Waals surface area contributed by atoms with E-state index in [0.717, 1.165) is 5.56 Å². The first kappa shape index (κ1) is 23.8. The number of amides is 1. The standard InChI is InChI=1S/C19H24N3O3PS3/c1-3-26(27,25-16-12-8-5-9-13-16)18(24-19(23)21-2)17(20)28-29-22-14-15-10-6-4-7-11-15/h4-13,18,20,22H,3,14H2,1-2H3,(H,21,23). The second-order valence-electron chi connectivity index (χ2n) is 5.79. The minimum absolute atomic E-state index is 0.139. The summed E-state index contributed by atoms with van der Waals surface area (Å²) in [6.07, 6.45) is -2.86. The predicted octanol–water partition coefficient (Wildman–Crippen LogP) is 5.23. The van der Waals surface area contributed by atoms with E-state index in [9.17, 15) is 4.79 Å². The number of ether oxygens (including phenoxy) is 1. The molecule has 2 rings (SSSR count). The van der Waals surface area contributed by atoms with E-state index >= 15 is 0 Å². The van der Waals surface area contributed by atoms with Gasteiger partial charge in [0.05, 0.1) is 0 Å². The molecule has 10 heteroatoms. The van der Waals surface area contributed by atoms with Crippen LogP contribution in [0.5, 0.6) is 5.75 Å². The molecule has 2 aromatic carbocycles. The van der Waals surface area contributed by atoms with Gasteiger partial charge in [-0.1, -0.05) is 55.5 Å². The van der Waals surface area contributed by atoms with Crippen LogP contribution >= 0.6 is 28.0 Å². The van der Waals surface area contributed by atoms with E-state index in [1.165, 1.54) is 28.8 Å². The minimum atomic E-state index is -2.70. The number of hydrogen-bond donors (Lipinski definition) is 3. The molecule has 0 saturated heterocycles. The summed E-state index contributed by atoms with van der Waals surface area (Å²) in [5.74, 6) is -0.325. The lowest BCUT2D eigenvalue weighted by Crippen LogP contribution is -2.32. The van der Waals surface area contributed by atoms with Crippen LogP contribution in [0.25, 0.3) is 0 Å². The molecule has 2 aromatic rings. The Kier molecular flexibility index (Phi) is 10.0. The quantitative estimate of drug-likeness (QED) is 0.110. The third-order valence-electron chi connectivity index (χ3n) is 3.76. The third-order valence-corrected chi connectivity index (χ3v) is 9.87. The van der Waals surface area contributed by atoms with Crippen LogP contribution in [0, 0.1) is 5.41 Å². The van der Waals surface area contributed by atoms with Gasteiger partial charge >= 0.3 is 6.09 Å². The molecule has 0 saturated carbocycles. The van der Waals surface area contributed by atoms with E-state index in [1.807, 2.05) is 55.5 Å². The van der Waals surface area contributed by atoms with Crippen LogP contribution < -0.4 is 14.6 Å². The minimum Gasteiger partial charge on any atom is -0.462 e. The first-order valence-corrected chi connectivity index (χ1v) is 14.0. The molecule has 0 aliphatic carbocycles. The zero-order valence-corrected chi connectivity index (χ0v) is 19.5. The van der Waals surface area contributed by atoms with Crippen molar-refractivity contribution in [3.8, 4) is 5.75 Å². The zero-order valence-electron chi connectivity index (χ0n) is 16.2. The smallest absolute Gasteiger partial charge is 0.408 e. The second-order valence-corrected chi connectivity index (χ2v) is 12.4. The summed E-state index contributed by atoms with van der Waals surface area (Å²) in [4.78, 5) is 11.9. The van der Waals surface area contributed by atoms with E-state index in [0.29, 0.717) is 18.5 Å². The van der Waals surface area contributed by atoms with Gasteiger partial charge in [0.1, 0.15) is 10.8 Å². The van der Waals surface area contributed by atoms with Gasteiger partial charge in [-0.25, -0.2) is 9.52 Å². The summed E-state index contributed by atoms with van der Waals surface area (Å²) < 4.78 is 14.8. The highest BCUT2D eigenvalue weighted by Gasteiger charge is 2.37. The molecule has 0 aromatic heterocycles. The Hall–Kier alpha value is -1.51. The number of alkyl carbamates (subject to hydrolysis) is 1. The van der Waals surface area contributed by atoms with E-state index in [1.54, 1.807) is 12.1 Å². The molecule has 0 fully saturated rings. The largest absolute Gasteiger partial charge is 0.462 e. The maximum absolute atomic E-state index is 11.9. The number of para-hydroxylation sites is 1. The molecule has 0 bridgehead atoms. The molecule has 0 aliphatic heterocycles. The summed E-state index contributed by atoms with van der Waals surface area (Å²) in [6, 6.07) is 19.1. The number of hydrogen-bond acceptors (Lipinski definition) is 8. The van der Waals surface area contributed by atoms with Gasteiger partial charge < -0.3 is 14.6 Å². The van der Waals surface area contributed by atoms with Gasteiger partial charge in [0.25, 0.3) is 0 Å². The summed E-state index contributed by atoms with van der Waals surface area (Å²) in [6.45, 7) is 2.54. The normalized spacial score (nSPS) is 13.7. The third kappa shape index (κ3) is 7.68. The fraction of sp³-hybridized carbons (Fsp3) is 0.263. The number of carbonyl (C=O) groups excluding carboxylic acids is 1. The Labute approximate surface area is 184 Å². The fourth-order valence-electron chi connectivity index (χ4n) is 2.23. The van der Waals surface area contributed by atoms with Crippen LogP contribution in [0.1, 0.15) is 12.5 Å². The van der Waals surface area contributed by atoms with Gasteiger partial charge in [0.2, 0.25) is 5.85 Å². The first-order valence-electron chi connectivity index (χ1n) is 8.89. The molecular weight excluding hydrogens is 445 g/mol. The van der Waals surface area contributed by atoms with Crippen molar-refractivity contribution in [2.75, 3.05) is 13.2 Å². The van der Waals surface area contributed by atoms with Crippen LogP contribution in [0.15, 0.2) is 60.7 Å². The van der Waals surface area contributed by atoms with Crippen LogP contribution in [0.4, 0.5) is 4.79 Å². The van der Waals surface area contributed by atoms with Crippen molar-refractivity contribution in [1.82, 2.24) is 10.0 Å². The average Bonchev–Trinajstić information content (AvgIpc) is 2.76. The van der Waals surface area contributed by atoms with Crippen LogP contribution in [-0.4, -0.2) is 30.2 Å². The highest BCUT2D eigenvalue weighted by Crippen LogP contribution is 2.54. The lowest BCUT2D eigenvalue weighted by molar-refractivity contribution is 0.152. The molecule has 2 unspecified atom stereocenters. The van der Waals surface area contributed by atoms with E-state index in [2.05, 4.69) is 10.0 Å². The molecule has 156 valence electrons. The van der Waals surface area contributed by atoms with Gasteiger partial charge in [0.15, 0.2) is 6.26 Å². The molecule has 0 radical (unpaired) electrons.